The highest BCUT2D eigenvalue weighted by Gasteiger charge is 2.05. The van der Waals surface area contributed by atoms with E-state index in [-0.39, 0.29) is 12.5 Å². The number of ether oxygens (including phenoxy) is 1. The second-order valence-corrected chi connectivity index (χ2v) is 6.25. The van der Waals surface area contributed by atoms with Gasteiger partial charge in [0.25, 0.3) is 5.91 Å². The Kier molecular flexibility index (Phi) is 6.05. The first-order chi connectivity index (χ1) is 10.5. The summed E-state index contributed by atoms with van der Waals surface area (Å²) >= 11 is 12.4. The van der Waals surface area contributed by atoms with Crippen LogP contribution < -0.4 is 10.2 Å². The molecule has 0 saturated heterocycles. The minimum atomic E-state index is -0.381. The van der Waals surface area contributed by atoms with Crippen LogP contribution in [-0.2, 0) is 4.79 Å². The number of furan rings is 1. The summed E-state index contributed by atoms with van der Waals surface area (Å²) in [5, 5.41) is 4.43. The fourth-order valence-corrected chi connectivity index (χ4v) is 2.21. The third-order valence-electron chi connectivity index (χ3n) is 2.54. The number of rotatable bonds is 5. The largest absolute Gasteiger partial charge is 0.484 e. The lowest BCUT2D eigenvalue weighted by molar-refractivity contribution is -0.123. The normalized spacial score (nSPS) is 10.9. The number of hydrogen-bond acceptors (Lipinski definition) is 4. The molecule has 1 heterocycles. The Labute approximate surface area is 148 Å². The van der Waals surface area contributed by atoms with E-state index in [0.717, 1.165) is 10.0 Å². The molecule has 116 valence electrons. The molecule has 8 heteroatoms. The molecule has 1 aromatic heterocycles. The van der Waals surface area contributed by atoms with Crippen LogP contribution in [0.15, 0.2) is 42.9 Å². The molecule has 0 saturated carbocycles. The van der Waals surface area contributed by atoms with E-state index in [9.17, 15) is 4.79 Å². The average Bonchev–Trinajstić information content (AvgIpc) is 2.79. The standard InChI is InChI=1S/C14H11Br2ClN2O3/c1-8-4-9(2-3-12(8)17)21-7-13(20)19-18-6-10-5-11(15)14(16)22-10/h2-6H,7H2,1H3,(H,19,20)/b18-6-. The number of aryl methyl sites for hydroxylation is 1. The number of carbonyl (C=O) groups is 1. The monoisotopic (exact) mass is 448 g/mol. The number of hydrogen-bond donors (Lipinski definition) is 1. The molecule has 0 aliphatic carbocycles. The molecule has 0 spiro atoms. The molecule has 0 aliphatic rings. The van der Waals surface area contributed by atoms with Crippen LogP contribution in [-0.4, -0.2) is 18.7 Å². The van der Waals surface area contributed by atoms with Crippen molar-refractivity contribution in [1.29, 1.82) is 0 Å². The van der Waals surface area contributed by atoms with E-state index in [2.05, 4.69) is 42.4 Å². The summed E-state index contributed by atoms with van der Waals surface area (Å²) < 4.78 is 11.9. The minimum Gasteiger partial charge on any atom is -0.484 e. The van der Waals surface area contributed by atoms with Crippen molar-refractivity contribution in [1.82, 2.24) is 5.43 Å². The minimum absolute atomic E-state index is 0.149. The maximum atomic E-state index is 11.6. The van der Waals surface area contributed by atoms with Crippen LogP contribution in [0.3, 0.4) is 0 Å². The summed E-state index contributed by atoms with van der Waals surface area (Å²) in [6.45, 7) is 1.71. The summed E-state index contributed by atoms with van der Waals surface area (Å²) in [6, 6.07) is 6.89. The maximum Gasteiger partial charge on any atom is 0.277 e. The first-order valence-corrected chi connectivity index (χ1v) is 8.08. The Morgan fingerprint density at radius 2 is 2.23 bits per heavy atom. The summed E-state index contributed by atoms with van der Waals surface area (Å²) in [5.74, 6) is 0.682. The van der Waals surface area contributed by atoms with Gasteiger partial charge in [-0.1, -0.05) is 11.6 Å². The van der Waals surface area contributed by atoms with Gasteiger partial charge < -0.3 is 9.15 Å². The van der Waals surface area contributed by atoms with Crippen molar-refractivity contribution in [2.75, 3.05) is 6.61 Å². The summed E-state index contributed by atoms with van der Waals surface area (Å²) in [5.41, 5.74) is 3.23. The molecule has 1 N–H and O–H groups in total. The van der Waals surface area contributed by atoms with Gasteiger partial charge in [-0.05, 0) is 62.5 Å². The van der Waals surface area contributed by atoms with Crippen molar-refractivity contribution in [2.45, 2.75) is 6.92 Å². The highest BCUT2D eigenvalue weighted by atomic mass is 79.9. The van der Waals surface area contributed by atoms with Crippen LogP contribution in [0.25, 0.3) is 0 Å². The van der Waals surface area contributed by atoms with Crippen molar-refractivity contribution in [2.24, 2.45) is 5.10 Å². The lowest BCUT2D eigenvalue weighted by Crippen LogP contribution is -2.24. The van der Waals surface area contributed by atoms with Gasteiger partial charge in [0.15, 0.2) is 11.3 Å². The lowest BCUT2D eigenvalue weighted by Gasteiger charge is -2.06. The van der Waals surface area contributed by atoms with Crippen LogP contribution >= 0.6 is 43.5 Å². The highest BCUT2D eigenvalue weighted by molar-refractivity contribution is 9.13. The van der Waals surface area contributed by atoms with Crippen molar-refractivity contribution < 1.29 is 13.9 Å². The zero-order valence-corrected chi connectivity index (χ0v) is 15.3. The van der Waals surface area contributed by atoms with Crippen LogP contribution in [0.2, 0.25) is 5.02 Å². The molecule has 0 aliphatic heterocycles. The van der Waals surface area contributed by atoms with Gasteiger partial charge in [0.05, 0.1) is 10.7 Å². The smallest absolute Gasteiger partial charge is 0.277 e. The third kappa shape index (κ3) is 4.86. The van der Waals surface area contributed by atoms with Gasteiger partial charge >= 0.3 is 0 Å². The second kappa shape index (κ2) is 7.80. The summed E-state index contributed by atoms with van der Waals surface area (Å²) in [7, 11) is 0. The van der Waals surface area contributed by atoms with Gasteiger partial charge in [-0.25, -0.2) is 5.43 Å². The van der Waals surface area contributed by atoms with Gasteiger partial charge in [-0.3, -0.25) is 4.79 Å². The van der Waals surface area contributed by atoms with Crippen LogP contribution in [0.5, 0.6) is 5.75 Å². The molecular formula is C14H11Br2ClN2O3. The van der Waals surface area contributed by atoms with Crippen molar-refractivity contribution in [3.63, 3.8) is 0 Å². The SMILES string of the molecule is Cc1cc(OCC(=O)N/N=C\c2cc(Br)c(Br)o2)ccc1Cl. The van der Waals surface area contributed by atoms with E-state index in [1.54, 1.807) is 24.3 Å². The molecule has 22 heavy (non-hydrogen) atoms. The Balaban J connectivity index is 1.81. The maximum absolute atomic E-state index is 11.6. The number of hydrazone groups is 1. The Bertz CT molecular complexity index is 697. The molecule has 0 unspecified atom stereocenters. The molecule has 1 aromatic carbocycles. The number of nitrogens with zero attached hydrogens (tertiary/aromatic N) is 1. The van der Waals surface area contributed by atoms with Gasteiger partial charge in [0, 0.05) is 11.1 Å². The third-order valence-corrected chi connectivity index (χ3v) is 4.68. The predicted octanol–water partition coefficient (Wildman–Crippen LogP) is 4.30. The van der Waals surface area contributed by atoms with Gasteiger partial charge in [0.1, 0.15) is 11.5 Å². The Morgan fingerprint density at radius 1 is 1.45 bits per heavy atom. The zero-order valence-electron chi connectivity index (χ0n) is 11.4. The topological polar surface area (TPSA) is 63.8 Å². The Hall–Kier alpha value is -1.31. The van der Waals surface area contributed by atoms with E-state index >= 15 is 0 Å². The number of benzene rings is 1. The molecule has 0 bridgehead atoms. The first-order valence-electron chi connectivity index (χ1n) is 6.11. The Morgan fingerprint density at radius 3 is 2.86 bits per heavy atom. The predicted molar refractivity (Wildman–Crippen MR) is 91.5 cm³/mol. The fourth-order valence-electron chi connectivity index (χ4n) is 1.48. The molecule has 0 atom stereocenters. The zero-order chi connectivity index (χ0) is 16.1. The molecule has 0 radical (unpaired) electrons. The van der Waals surface area contributed by atoms with Gasteiger partial charge in [-0.2, -0.15) is 5.10 Å². The lowest BCUT2D eigenvalue weighted by atomic mass is 10.2. The number of carbonyl (C=O) groups excluding carboxylic acids is 1. The fraction of sp³-hybridized carbons (Fsp3) is 0.143. The first kappa shape index (κ1) is 17.1. The van der Waals surface area contributed by atoms with Crippen molar-refractivity contribution >= 4 is 55.6 Å². The van der Waals surface area contributed by atoms with Crippen molar-refractivity contribution in [3.8, 4) is 5.75 Å². The highest BCUT2D eigenvalue weighted by Crippen LogP contribution is 2.25. The summed E-state index contributed by atoms with van der Waals surface area (Å²) in [6.07, 6.45) is 1.39. The number of nitrogens with one attached hydrogen (secondary N) is 1. The van der Waals surface area contributed by atoms with E-state index in [1.807, 2.05) is 6.92 Å². The van der Waals surface area contributed by atoms with Crippen molar-refractivity contribution in [3.05, 3.63) is 49.8 Å². The molecule has 5 nitrogen and oxygen atoms in total. The van der Waals surface area contributed by atoms with Crippen LogP contribution in [0.4, 0.5) is 0 Å². The number of halogens is 3. The molecule has 2 aromatic rings. The van der Waals surface area contributed by atoms with E-state index in [1.165, 1.54) is 6.21 Å². The van der Waals surface area contributed by atoms with Crippen LogP contribution in [0, 0.1) is 6.92 Å². The molecule has 0 fully saturated rings. The molecule has 2 rings (SSSR count). The van der Waals surface area contributed by atoms with Gasteiger partial charge in [-0.15, -0.1) is 0 Å². The molecule has 1 amide bonds. The van der Waals surface area contributed by atoms with E-state index in [4.69, 9.17) is 20.8 Å². The number of amides is 1. The average molecular weight is 451 g/mol. The second-order valence-electron chi connectivity index (χ2n) is 4.26. The van der Waals surface area contributed by atoms with Gasteiger partial charge in [0.2, 0.25) is 0 Å². The van der Waals surface area contributed by atoms with E-state index < -0.39 is 0 Å². The van der Waals surface area contributed by atoms with E-state index in [0.29, 0.717) is 21.2 Å². The quantitative estimate of drug-likeness (QED) is 0.546. The molecular weight excluding hydrogens is 439 g/mol. The van der Waals surface area contributed by atoms with Crippen LogP contribution in [0.1, 0.15) is 11.3 Å². The summed E-state index contributed by atoms with van der Waals surface area (Å²) in [4.78, 5) is 11.6.